The van der Waals surface area contributed by atoms with E-state index in [2.05, 4.69) is 0 Å². The van der Waals surface area contributed by atoms with Gasteiger partial charge in [-0.25, -0.2) is 13.6 Å². The molecule has 1 saturated heterocycles. The molecule has 1 aliphatic rings. The second-order valence-electron chi connectivity index (χ2n) is 8.02. The summed E-state index contributed by atoms with van der Waals surface area (Å²) in [7, 11) is 1.67. The Bertz CT molecular complexity index is 1130. The molecule has 0 aromatic heterocycles. The van der Waals surface area contributed by atoms with Gasteiger partial charge in [0.2, 0.25) is 0 Å². The molecule has 1 unspecified atom stereocenters. The molecule has 3 aromatic carbocycles. The van der Waals surface area contributed by atoms with Gasteiger partial charge in [0.15, 0.2) is 0 Å². The zero-order chi connectivity index (χ0) is 23.4. The van der Waals surface area contributed by atoms with E-state index in [1.165, 1.54) is 24.3 Å². The number of hydrogen-bond acceptors (Lipinski definition) is 3. The van der Waals surface area contributed by atoms with E-state index in [-0.39, 0.29) is 24.1 Å². The third-order valence-electron chi connectivity index (χ3n) is 5.86. The molecule has 1 fully saturated rings. The van der Waals surface area contributed by atoms with Crippen LogP contribution in [0.2, 0.25) is 0 Å². The number of benzene rings is 3. The highest BCUT2D eigenvalue weighted by atomic mass is 19.1. The topological polar surface area (TPSA) is 49.9 Å². The minimum atomic E-state index is -0.687. The number of carbonyl (C=O) groups is 2. The monoisotopic (exact) mass is 450 g/mol. The van der Waals surface area contributed by atoms with E-state index >= 15 is 0 Å². The molecule has 0 aliphatic carbocycles. The summed E-state index contributed by atoms with van der Waals surface area (Å²) in [5.41, 5.74) is 1.35. The second kappa shape index (κ2) is 9.81. The molecule has 0 radical (unpaired) electrons. The molecule has 2 amide bonds. The van der Waals surface area contributed by atoms with Crippen molar-refractivity contribution >= 4 is 12.0 Å². The van der Waals surface area contributed by atoms with Crippen molar-refractivity contribution in [2.24, 2.45) is 0 Å². The number of rotatable bonds is 5. The maximum absolute atomic E-state index is 14.2. The van der Waals surface area contributed by atoms with Crippen molar-refractivity contribution in [3.63, 3.8) is 0 Å². The molecule has 1 aliphatic heterocycles. The van der Waals surface area contributed by atoms with E-state index in [4.69, 9.17) is 4.74 Å². The van der Waals surface area contributed by atoms with Crippen LogP contribution in [0.5, 0.6) is 0 Å². The Morgan fingerprint density at radius 3 is 2.42 bits per heavy atom. The van der Waals surface area contributed by atoms with Crippen molar-refractivity contribution in [2.75, 3.05) is 20.1 Å². The van der Waals surface area contributed by atoms with Crippen molar-refractivity contribution in [3.05, 3.63) is 95.6 Å². The standard InChI is InChI=1S/C26H24F2N2O3/c1-29(21-13-14-30(16-21)26(32)33-17-18-7-3-2-4-8-18)25(31)20-10-5-9-19(15-20)24-22(27)11-6-12-23(24)28/h2-12,15,21H,13-14,16-17H2,1H3. The zero-order valence-electron chi connectivity index (χ0n) is 18.2. The molecular weight excluding hydrogens is 426 g/mol. The maximum Gasteiger partial charge on any atom is 0.410 e. The van der Waals surface area contributed by atoms with Crippen molar-refractivity contribution in [2.45, 2.75) is 19.1 Å². The molecule has 4 rings (SSSR count). The maximum atomic E-state index is 14.2. The Kier molecular flexibility index (Phi) is 6.68. The smallest absolute Gasteiger partial charge is 0.410 e. The quantitative estimate of drug-likeness (QED) is 0.543. The van der Waals surface area contributed by atoms with Crippen molar-refractivity contribution in [1.29, 1.82) is 0 Å². The van der Waals surface area contributed by atoms with E-state index in [0.717, 1.165) is 5.56 Å². The van der Waals surface area contributed by atoms with E-state index in [1.54, 1.807) is 35.0 Å². The number of amides is 2. The van der Waals surface area contributed by atoms with E-state index in [1.807, 2.05) is 30.3 Å². The highest BCUT2D eigenvalue weighted by Gasteiger charge is 2.32. The minimum Gasteiger partial charge on any atom is -0.445 e. The molecule has 170 valence electrons. The molecule has 5 nitrogen and oxygen atoms in total. The first kappa shape index (κ1) is 22.5. The van der Waals surface area contributed by atoms with Gasteiger partial charge in [-0.2, -0.15) is 0 Å². The summed E-state index contributed by atoms with van der Waals surface area (Å²) in [5, 5.41) is 0. The van der Waals surface area contributed by atoms with Gasteiger partial charge in [0.25, 0.3) is 5.91 Å². The van der Waals surface area contributed by atoms with Gasteiger partial charge in [-0.1, -0.05) is 48.5 Å². The Balaban J connectivity index is 1.40. The van der Waals surface area contributed by atoms with Gasteiger partial charge in [-0.15, -0.1) is 0 Å². The van der Waals surface area contributed by atoms with Gasteiger partial charge >= 0.3 is 6.09 Å². The summed E-state index contributed by atoms with van der Waals surface area (Å²) in [6.07, 6.45) is 0.198. The van der Waals surface area contributed by atoms with Gasteiger partial charge in [0.05, 0.1) is 11.6 Å². The Hall–Kier alpha value is -3.74. The van der Waals surface area contributed by atoms with E-state index in [0.29, 0.717) is 30.6 Å². The first-order valence-electron chi connectivity index (χ1n) is 10.7. The summed E-state index contributed by atoms with van der Waals surface area (Å²) in [6, 6.07) is 19.2. The van der Waals surface area contributed by atoms with Crippen LogP contribution in [0.4, 0.5) is 13.6 Å². The lowest BCUT2D eigenvalue weighted by Gasteiger charge is -2.25. The highest BCUT2D eigenvalue weighted by molar-refractivity contribution is 5.95. The zero-order valence-corrected chi connectivity index (χ0v) is 18.2. The molecule has 33 heavy (non-hydrogen) atoms. The molecule has 0 spiro atoms. The summed E-state index contributed by atoms with van der Waals surface area (Å²) < 4.78 is 33.7. The van der Waals surface area contributed by atoms with Crippen LogP contribution < -0.4 is 0 Å². The van der Waals surface area contributed by atoms with Crippen molar-refractivity contribution < 1.29 is 23.1 Å². The Labute approximate surface area is 191 Å². The van der Waals surface area contributed by atoms with E-state index in [9.17, 15) is 18.4 Å². The predicted octanol–water partition coefficient (Wildman–Crippen LogP) is 5.11. The summed E-state index contributed by atoms with van der Waals surface area (Å²) in [6.45, 7) is 1.03. The first-order chi connectivity index (χ1) is 15.9. The number of nitrogens with zero attached hydrogens (tertiary/aromatic N) is 2. The third kappa shape index (κ3) is 5.03. The molecule has 0 bridgehead atoms. The average Bonchev–Trinajstić information content (AvgIpc) is 3.33. The average molecular weight is 450 g/mol. The van der Waals surface area contributed by atoms with Crippen LogP contribution in [0.3, 0.4) is 0 Å². The second-order valence-corrected chi connectivity index (χ2v) is 8.02. The third-order valence-corrected chi connectivity index (χ3v) is 5.86. The predicted molar refractivity (Wildman–Crippen MR) is 120 cm³/mol. The molecule has 0 N–H and O–H groups in total. The largest absolute Gasteiger partial charge is 0.445 e. The minimum absolute atomic E-state index is 0.164. The molecular formula is C26H24F2N2O3. The van der Waals surface area contributed by atoms with Crippen molar-refractivity contribution in [1.82, 2.24) is 9.80 Å². The fraction of sp³-hybridized carbons (Fsp3) is 0.231. The van der Waals surface area contributed by atoms with Gasteiger partial charge in [-0.05, 0) is 41.8 Å². The number of likely N-dealkylation sites (N-methyl/N-ethyl adjacent to an activating group) is 1. The van der Waals surface area contributed by atoms with Crippen LogP contribution in [-0.4, -0.2) is 48.0 Å². The van der Waals surface area contributed by atoms with Gasteiger partial charge in [0.1, 0.15) is 18.2 Å². The first-order valence-corrected chi connectivity index (χ1v) is 10.7. The Morgan fingerprint density at radius 2 is 1.70 bits per heavy atom. The molecule has 0 saturated carbocycles. The Morgan fingerprint density at radius 1 is 1.00 bits per heavy atom. The lowest BCUT2D eigenvalue weighted by Crippen LogP contribution is -2.40. The highest BCUT2D eigenvalue weighted by Crippen LogP contribution is 2.27. The molecule has 1 atom stereocenters. The van der Waals surface area contributed by atoms with Crippen molar-refractivity contribution in [3.8, 4) is 11.1 Å². The molecule has 3 aromatic rings. The lowest BCUT2D eigenvalue weighted by atomic mass is 10.0. The summed E-state index contributed by atoms with van der Waals surface area (Å²) in [5.74, 6) is -1.65. The fourth-order valence-corrected chi connectivity index (χ4v) is 3.99. The van der Waals surface area contributed by atoms with Crippen LogP contribution in [0.15, 0.2) is 72.8 Å². The molecule has 1 heterocycles. The summed E-state index contributed by atoms with van der Waals surface area (Å²) >= 11 is 0. The lowest BCUT2D eigenvalue weighted by molar-refractivity contribution is 0.0721. The van der Waals surface area contributed by atoms with Crippen LogP contribution >= 0.6 is 0 Å². The number of carbonyl (C=O) groups excluding carboxylic acids is 2. The van der Waals surface area contributed by atoms with Gasteiger partial charge in [0, 0.05) is 25.7 Å². The number of ether oxygens (including phenoxy) is 1. The number of halogens is 2. The van der Waals surface area contributed by atoms with Crippen LogP contribution in [0.1, 0.15) is 22.3 Å². The normalized spacial score (nSPS) is 15.4. The molecule has 7 heteroatoms. The van der Waals surface area contributed by atoms with Crippen LogP contribution in [-0.2, 0) is 11.3 Å². The van der Waals surface area contributed by atoms with Crippen LogP contribution in [0, 0.1) is 11.6 Å². The van der Waals surface area contributed by atoms with E-state index < -0.39 is 17.7 Å². The number of hydrogen-bond donors (Lipinski definition) is 0. The summed E-state index contributed by atoms with van der Waals surface area (Å²) in [4.78, 5) is 28.7. The van der Waals surface area contributed by atoms with Gasteiger partial charge in [-0.3, -0.25) is 4.79 Å². The van der Waals surface area contributed by atoms with Gasteiger partial charge < -0.3 is 14.5 Å². The SMILES string of the molecule is CN(C(=O)c1cccc(-c2c(F)cccc2F)c1)C1CCN(C(=O)OCc2ccccc2)C1. The van der Waals surface area contributed by atoms with Crippen LogP contribution in [0.25, 0.3) is 11.1 Å². The fourth-order valence-electron chi connectivity index (χ4n) is 3.99. The number of likely N-dealkylation sites (tertiary alicyclic amines) is 1.